The van der Waals surface area contributed by atoms with Crippen LogP contribution in [0.15, 0.2) is 72.8 Å². The highest BCUT2D eigenvalue weighted by atomic mass is 19.4. The average molecular weight is 539 g/mol. The Balaban J connectivity index is 1.86. The molecular weight excluding hydrogens is 491 g/mol. The third-order valence-corrected chi connectivity index (χ3v) is 8.07. The maximum Gasteiger partial charge on any atom is 0.398 e. The van der Waals surface area contributed by atoms with E-state index in [1.807, 2.05) is 24.3 Å². The summed E-state index contributed by atoms with van der Waals surface area (Å²) in [6, 6.07) is 24.0. The molecule has 3 aromatic rings. The molecule has 0 saturated carbocycles. The standard InChI is InChI=1S/C35H47F3N/c1-26(2)34(35(36,37)38,23-10-9-11-24-39(6,7)8)32-21-17-28(18-22-32)30-14-12-13-29(25-30)27-15-19-31(20-16-27)33(3,4)5/h12-22,25-26H,9-11,23-24H2,1-8H3/q+1. The van der Waals surface area contributed by atoms with Crippen molar-refractivity contribution in [2.75, 3.05) is 27.7 Å². The molecule has 0 heterocycles. The quantitative estimate of drug-likeness (QED) is 0.178. The summed E-state index contributed by atoms with van der Waals surface area (Å²) in [5.74, 6) is -0.554. The highest BCUT2D eigenvalue weighted by Crippen LogP contribution is 2.50. The normalized spacial score (nSPS) is 14.5. The van der Waals surface area contributed by atoms with Crippen LogP contribution in [0.3, 0.4) is 0 Å². The molecule has 0 radical (unpaired) electrons. The molecule has 1 atom stereocenters. The van der Waals surface area contributed by atoms with Gasteiger partial charge in [-0.05, 0) is 70.0 Å². The Labute approximate surface area is 234 Å². The molecule has 0 aliphatic heterocycles. The molecular formula is C35H47F3N+. The van der Waals surface area contributed by atoms with Gasteiger partial charge in [-0.2, -0.15) is 13.2 Å². The zero-order valence-electron chi connectivity index (χ0n) is 25.1. The fraction of sp³-hybridized carbons (Fsp3) is 0.486. The first-order valence-electron chi connectivity index (χ1n) is 14.2. The third kappa shape index (κ3) is 7.54. The van der Waals surface area contributed by atoms with Crippen molar-refractivity contribution >= 4 is 0 Å². The fourth-order valence-electron chi connectivity index (χ4n) is 5.57. The number of hydrogen-bond acceptors (Lipinski definition) is 0. The van der Waals surface area contributed by atoms with Crippen molar-refractivity contribution in [1.82, 2.24) is 0 Å². The maximum absolute atomic E-state index is 14.8. The summed E-state index contributed by atoms with van der Waals surface area (Å²) in [6.07, 6.45) is -1.90. The first kappa shape index (κ1) is 30.9. The second-order valence-electron chi connectivity index (χ2n) is 13.4. The lowest BCUT2D eigenvalue weighted by atomic mass is 9.67. The van der Waals surface area contributed by atoms with Crippen LogP contribution in [0.25, 0.3) is 22.3 Å². The maximum atomic E-state index is 14.8. The van der Waals surface area contributed by atoms with Crippen molar-refractivity contribution in [2.45, 2.75) is 77.3 Å². The summed E-state index contributed by atoms with van der Waals surface area (Å²) in [6.45, 7) is 11.0. The summed E-state index contributed by atoms with van der Waals surface area (Å²) in [5.41, 5.74) is 4.05. The Kier molecular flexibility index (Phi) is 9.43. The van der Waals surface area contributed by atoms with E-state index in [0.29, 0.717) is 12.0 Å². The van der Waals surface area contributed by atoms with E-state index in [1.54, 1.807) is 26.0 Å². The van der Waals surface area contributed by atoms with E-state index in [4.69, 9.17) is 0 Å². The van der Waals surface area contributed by atoms with Gasteiger partial charge < -0.3 is 4.48 Å². The molecule has 0 aliphatic rings. The molecule has 3 aromatic carbocycles. The second-order valence-corrected chi connectivity index (χ2v) is 13.4. The molecule has 39 heavy (non-hydrogen) atoms. The lowest BCUT2D eigenvalue weighted by molar-refractivity contribution is -0.870. The summed E-state index contributed by atoms with van der Waals surface area (Å²) >= 11 is 0. The topological polar surface area (TPSA) is 0 Å². The lowest BCUT2D eigenvalue weighted by Crippen LogP contribution is -2.46. The van der Waals surface area contributed by atoms with Gasteiger partial charge in [-0.15, -0.1) is 0 Å². The van der Waals surface area contributed by atoms with E-state index in [1.165, 1.54) is 5.56 Å². The SMILES string of the molecule is CC(C)C(CCCCC[N+](C)(C)C)(c1ccc(-c2cccc(-c3ccc(C(C)(C)C)cc3)c2)cc1)C(F)(F)F. The molecule has 0 aromatic heterocycles. The number of alkyl halides is 3. The number of rotatable bonds is 10. The van der Waals surface area contributed by atoms with Gasteiger partial charge in [-0.3, -0.25) is 0 Å². The molecule has 1 unspecified atom stereocenters. The summed E-state index contributed by atoms with van der Waals surface area (Å²) in [7, 11) is 6.36. The molecule has 0 fully saturated rings. The van der Waals surface area contributed by atoms with E-state index >= 15 is 0 Å². The highest BCUT2D eigenvalue weighted by Gasteiger charge is 2.57. The minimum Gasteiger partial charge on any atom is -0.331 e. The van der Waals surface area contributed by atoms with Crippen molar-refractivity contribution in [3.8, 4) is 22.3 Å². The monoisotopic (exact) mass is 538 g/mol. The largest absolute Gasteiger partial charge is 0.398 e. The molecule has 0 saturated heterocycles. The van der Waals surface area contributed by atoms with Crippen LogP contribution in [0.5, 0.6) is 0 Å². The van der Waals surface area contributed by atoms with Crippen molar-refractivity contribution in [3.05, 3.63) is 83.9 Å². The molecule has 0 amide bonds. The number of benzene rings is 3. The minimum absolute atomic E-state index is 0.0927. The zero-order valence-corrected chi connectivity index (χ0v) is 25.1. The van der Waals surface area contributed by atoms with E-state index in [9.17, 15) is 13.2 Å². The first-order chi connectivity index (χ1) is 18.0. The molecule has 3 rings (SSSR count). The Hall–Kier alpha value is -2.59. The van der Waals surface area contributed by atoms with Gasteiger partial charge >= 0.3 is 6.18 Å². The number of quaternary nitrogens is 1. The van der Waals surface area contributed by atoms with Crippen molar-refractivity contribution < 1.29 is 17.7 Å². The zero-order chi connectivity index (χ0) is 29.1. The van der Waals surface area contributed by atoms with Crippen LogP contribution in [-0.2, 0) is 10.8 Å². The second kappa shape index (κ2) is 11.9. The predicted octanol–water partition coefficient (Wildman–Crippen LogP) is 10.0. The van der Waals surface area contributed by atoms with Crippen LogP contribution in [0.2, 0.25) is 0 Å². The lowest BCUT2D eigenvalue weighted by Gasteiger charge is -2.40. The van der Waals surface area contributed by atoms with Gasteiger partial charge in [-0.1, -0.05) is 108 Å². The van der Waals surface area contributed by atoms with Gasteiger partial charge in [0.15, 0.2) is 0 Å². The number of halogens is 3. The third-order valence-electron chi connectivity index (χ3n) is 8.07. The summed E-state index contributed by atoms with van der Waals surface area (Å²) < 4.78 is 45.2. The van der Waals surface area contributed by atoms with Crippen molar-refractivity contribution in [2.24, 2.45) is 5.92 Å². The van der Waals surface area contributed by atoms with Gasteiger partial charge in [0.1, 0.15) is 0 Å². The number of nitrogens with zero attached hydrogens (tertiary/aromatic N) is 1. The van der Waals surface area contributed by atoms with Crippen molar-refractivity contribution in [1.29, 1.82) is 0 Å². The van der Waals surface area contributed by atoms with Gasteiger partial charge in [-0.25, -0.2) is 0 Å². The van der Waals surface area contributed by atoms with Crippen LogP contribution in [0, 0.1) is 5.92 Å². The Morgan fingerprint density at radius 2 is 1.13 bits per heavy atom. The number of hydrogen-bond donors (Lipinski definition) is 0. The van der Waals surface area contributed by atoms with E-state index in [-0.39, 0.29) is 11.8 Å². The molecule has 1 nitrogen and oxygen atoms in total. The van der Waals surface area contributed by atoms with Crippen LogP contribution in [-0.4, -0.2) is 38.3 Å². The molecule has 212 valence electrons. The van der Waals surface area contributed by atoms with E-state index < -0.39 is 17.5 Å². The molecule has 0 bridgehead atoms. The molecule has 0 spiro atoms. The minimum atomic E-state index is -4.32. The van der Waals surface area contributed by atoms with Gasteiger partial charge in [0.2, 0.25) is 0 Å². The first-order valence-corrected chi connectivity index (χ1v) is 14.2. The number of unbranched alkanes of at least 4 members (excludes halogenated alkanes) is 2. The smallest absolute Gasteiger partial charge is 0.331 e. The predicted molar refractivity (Wildman–Crippen MR) is 160 cm³/mol. The van der Waals surface area contributed by atoms with Gasteiger partial charge in [0.05, 0.1) is 33.1 Å². The fourth-order valence-corrected chi connectivity index (χ4v) is 5.57. The highest BCUT2D eigenvalue weighted by molar-refractivity contribution is 5.73. The van der Waals surface area contributed by atoms with Crippen LogP contribution in [0.1, 0.15) is 71.4 Å². The van der Waals surface area contributed by atoms with Crippen LogP contribution in [0.4, 0.5) is 13.2 Å². The van der Waals surface area contributed by atoms with Crippen LogP contribution >= 0.6 is 0 Å². The Morgan fingerprint density at radius 1 is 0.641 bits per heavy atom. The Bertz CT molecular complexity index is 1190. The summed E-state index contributed by atoms with van der Waals surface area (Å²) in [5, 5.41) is 0. The van der Waals surface area contributed by atoms with E-state index in [0.717, 1.165) is 46.1 Å². The molecule has 4 heteroatoms. The molecule has 0 aliphatic carbocycles. The Morgan fingerprint density at radius 3 is 1.54 bits per heavy atom. The van der Waals surface area contributed by atoms with E-state index in [2.05, 4.69) is 78.3 Å². The summed E-state index contributed by atoms with van der Waals surface area (Å²) in [4.78, 5) is 0. The van der Waals surface area contributed by atoms with Crippen molar-refractivity contribution in [3.63, 3.8) is 0 Å². The molecule has 0 N–H and O–H groups in total. The van der Waals surface area contributed by atoms with Gasteiger partial charge in [0.25, 0.3) is 0 Å². The van der Waals surface area contributed by atoms with Gasteiger partial charge in [0, 0.05) is 0 Å². The average Bonchev–Trinajstić information content (AvgIpc) is 2.84. The van der Waals surface area contributed by atoms with Crippen LogP contribution < -0.4 is 0 Å².